The highest BCUT2D eigenvalue weighted by molar-refractivity contribution is 7.78. The summed E-state index contributed by atoms with van der Waals surface area (Å²) < 4.78 is 0. The molecule has 0 aliphatic heterocycles. The molecule has 0 saturated heterocycles. The van der Waals surface area contributed by atoms with Crippen LogP contribution in [0.1, 0.15) is 0 Å². The van der Waals surface area contributed by atoms with Gasteiger partial charge in [0.1, 0.15) is 0 Å². The summed E-state index contributed by atoms with van der Waals surface area (Å²) in [5.74, 6) is 0. The predicted octanol–water partition coefficient (Wildman–Crippen LogP) is 3.48. The first-order valence-electron chi connectivity index (χ1n) is 4.50. The maximum Gasteiger partial charge on any atom is 0.0833 e. The van der Waals surface area contributed by atoms with Crippen LogP contribution in [0.15, 0.2) is 53.7 Å². The Balaban J connectivity index is 2.58. The van der Waals surface area contributed by atoms with Gasteiger partial charge >= 0.3 is 0 Å². The van der Waals surface area contributed by atoms with Gasteiger partial charge in [0.15, 0.2) is 0 Å². The number of nitrogens with zero attached hydrogens (tertiary/aromatic N) is 2. The number of thiocarbonyl (C=S) groups is 1. The van der Waals surface area contributed by atoms with Crippen molar-refractivity contribution >= 4 is 23.1 Å². The normalized spacial score (nSPS) is 9.33. The third kappa shape index (κ3) is 2.15. The minimum absolute atomic E-state index is 0.797. The van der Waals surface area contributed by atoms with Gasteiger partial charge in [0.25, 0.3) is 0 Å². The molecular formula is C12H8N2S. The second kappa shape index (κ2) is 4.60. The highest BCUT2D eigenvalue weighted by atomic mass is 32.1. The first kappa shape index (κ1) is 9.71. The largest absolute Gasteiger partial charge is 0.256 e. The van der Waals surface area contributed by atoms with E-state index in [1.807, 2.05) is 42.5 Å². The van der Waals surface area contributed by atoms with Crippen molar-refractivity contribution in [3.05, 3.63) is 48.7 Å². The number of hydrogen-bond donors (Lipinski definition) is 0. The van der Waals surface area contributed by atoms with Gasteiger partial charge in [0.05, 0.1) is 16.5 Å². The van der Waals surface area contributed by atoms with Gasteiger partial charge in [-0.15, -0.1) is 0 Å². The fraction of sp³-hybridized carbons (Fsp3) is 0. The minimum Gasteiger partial charge on any atom is -0.256 e. The van der Waals surface area contributed by atoms with Crippen LogP contribution in [0.2, 0.25) is 0 Å². The minimum atomic E-state index is 0.797. The molecule has 2 aromatic rings. The second-order valence-electron chi connectivity index (χ2n) is 2.94. The van der Waals surface area contributed by atoms with E-state index in [1.165, 1.54) is 0 Å². The molecule has 0 atom stereocenters. The van der Waals surface area contributed by atoms with Crippen LogP contribution in [0.4, 0.5) is 5.69 Å². The van der Waals surface area contributed by atoms with Crippen molar-refractivity contribution in [1.82, 2.24) is 4.98 Å². The van der Waals surface area contributed by atoms with Crippen molar-refractivity contribution in [3.63, 3.8) is 0 Å². The molecule has 0 saturated carbocycles. The summed E-state index contributed by atoms with van der Waals surface area (Å²) in [6.45, 7) is 0. The molecule has 1 aromatic carbocycles. The molecule has 0 radical (unpaired) electrons. The van der Waals surface area contributed by atoms with Gasteiger partial charge in [-0.25, -0.2) is 0 Å². The molecule has 1 heterocycles. The number of benzene rings is 1. The van der Waals surface area contributed by atoms with E-state index in [0.29, 0.717) is 0 Å². The Hall–Kier alpha value is -1.83. The maximum absolute atomic E-state index is 4.61. The molecule has 0 amide bonds. The Morgan fingerprint density at radius 3 is 2.60 bits per heavy atom. The fourth-order valence-corrected chi connectivity index (χ4v) is 1.46. The third-order valence-corrected chi connectivity index (χ3v) is 2.10. The molecule has 15 heavy (non-hydrogen) atoms. The lowest BCUT2D eigenvalue weighted by molar-refractivity contribution is 1.32. The third-order valence-electron chi connectivity index (χ3n) is 2.01. The summed E-state index contributed by atoms with van der Waals surface area (Å²) in [5, 5.41) is 2.37. The maximum atomic E-state index is 4.61. The van der Waals surface area contributed by atoms with E-state index in [4.69, 9.17) is 0 Å². The molecule has 1 aromatic heterocycles. The van der Waals surface area contributed by atoms with Crippen molar-refractivity contribution in [2.24, 2.45) is 4.99 Å². The van der Waals surface area contributed by atoms with Crippen LogP contribution >= 0.6 is 12.2 Å². The first-order valence-corrected chi connectivity index (χ1v) is 4.91. The lowest BCUT2D eigenvalue weighted by Crippen LogP contribution is -1.81. The molecule has 2 nitrogen and oxygen atoms in total. The van der Waals surface area contributed by atoms with Crippen LogP contribution in [0.5, 0.6) is 0 Å². The fourth-order valence-electron chi connectivity index (χ4n) is 1.36. The summed E-state index contributed by atoms with van der Waals surface area (Å²) in [4.78, 5) is 8.28. The van der Waals surface area contributed by atoms with Crippen molar-refractivity contribution in [3.8, 4) is 11.3 Å². The highest BCUT2D eigenvalue weighted by Gasteiger charge is 2.02. The van der Waals surface area contributed by atoms with E-state index < -0.39 is 0 Å². The standard InChI is InChI=1S/C12H8N2S/c15-9-14-12-6-2-1-5-10(12)11-7-3-4-8-13-11/h1-8H. The van der Waals surface area contributed by atoms with Crippen LogP contribution in [0.25, 0.3) is 11.3 Å². The van der Waals surface area contributed by atoms with Crippen LogP contribution in [-0.4, -0.2) is 10.1 Å². The van der Waals surface area contributed by atoms with Crippen LogP contribution in [0.3, 0.4) is 0 Å². The Morgan fingerprint density at radius 2 is 1.87 bits per heavy atom. The zero-order chi connectivity index (χ0) is 10.5. The Kier molecular flexibility index (Phi) is 2.98. The molecule has 0 aliphatic carbocycles. The first-order chi connectivity index (χ1) is 7.42. The molecule has 0 aliphatic rings. The zero-order valence-corrected chi connectivity index (χ0v) is 8.74. The van der Waals surface area contributed by atoms with Gasteiger partial charge in [0.2, 0.25) is 0 Å². The predicted molar refractivity (Wildman–Crippen MR) is 64.4 cm³/mol. The lowest BCUT2D eigenvalue weighted by atomic mass is 10.1. The zero-order valence-electron chi connectivity index (χ0n) is 7.92. The van der Waals surface area contributed by atoms with Gasteiger partial charge in [-0.05, 0) is 30.4 Å². The van der Waals surface area contributed by atoms with Gasteiger partial charge in [-0.3, -0.25) is 4.98 Å². The smallest absolute Gasteiger partial charge is 0.0833 e. The molecular weight excluding hydrogens is 204 g/mol. The molecule has 0 spiro atoms. The monoisotopic (exact) mass is 212 g/mol. The van der Waals surface area contributed by atoms with Gasteiger partial charge in [0, 0.05) is 11.8 Å². The Labute approximate surface area is 93.3 Å². The number of isothiocyanates is 1. The molecule has 0 N–H and O–H groups in total. The average molecular weight is 212 g/mol. The van der Waals surface area contributed by atoms with Crippen LogP contribution < -0.4 is 0 Å². The van der Waals surface area contributed by atoms with Crippen molar-refractivity contribution in [1.29, 1.82) is 0 Å². The Bertz CT molecular complexity index is 502. The molecule has 3 heteroatoms. The van der Waals surface area contributed by atoms with E-state index in [2.05, 4.69) is 27.4 Å². The van der Waals surface area contributed by atoms with Gasteiger partial charge in [-0.2, -0.15) is 4.99 Å². The number of aromatic nitrogens is 1. The number of hydrogen-bond acceptors (Lipinski definition) is 3. The topological polar surface area (TPSA) is 25.2 Å². The highest BCUT2D eigenvalue weighted by Crippen LogP contribution is 2.27. The molecule has 0 fully saturated rings. The molecule has 0 unspecified atom stereocenters. The van der Waals surface area contributed by atoms with Gasteiger partial charge < -0.3 is 0 Å². The van der Waals surface area contributed by atoms with E-state index in [9.17, 15) is 0 Å². The van der Waals surface area contributed by atoms with Crippen LogP contribution in [-0.2, 0) is 0 Å². The Morgan fingerprint density at radius 1 is 1.07 bits per heavy atom. The number of aliphatic imine (C=N–C) groups is 1. The quantitative estimate of drug-likeness (QED) is 0.562. The summed E-state index contributed by atoms with van der Waals surface area (Å²) >= 11 is 4.61. The SMILES string of the molecule is S=C=Nc1ccccc1-c1ccccn1. The number of rotatable bonds is 2. The van der Waals surface area contributed by atoms with Crippen molar-refractivity contribution in [2.75, 3.05) is 0 Å². The lowest BCUT2D eigenvalue weighted by Gasteiger charge is -2.02. The van der Waals surface area contributed by atoms with E-state index in [-0.39, 0.29) is 0 Å². The number of pyridine rings is 1. The van der Waals surface area contributed by atoms with Crippen LogP contribution in [0, 0.1) is 0 Å². The van der Waals surface area contributed by atoms with Crippen molar-refractivity contribution < 1.29 is 0 Å². The van der Waals surface area contributed by atoms with E-state index >= 15 is 0 Å². The molecule has 72 valence electrons. The molecule has 0 bridgehead atoms. The second-order valence-corrected chi connectivity index (χ2v) is 3.12. The van der Waals surface area contributed by atoms with E-state index in [1.54, 1.807) is 6.20 Å². The number of para-hydroxylation sites is 1. The molecule has 2 rings (SSSR count). The summed E-state index contributed by atoms with van der Waals surface area (Å²) in [6.07, 6.45) is 1.76. The summed E-state index contributed by atoms with van der Waals surface area (Å²) in [6, 6.07) is 13.5. The summed E-state index contributed by atoms with van der Waals surface area (Å²) in [7, 11) is 0. The van der Waals surface area contributed by atoms with Gasteiger partial charge in [-0.1, -0.05) is 24.3 Å². The van der Waals surface area contributed by atoms with Crippen molar-refractivity contribution in [2.45, 2.75) is 0 Å². The summed E-state index contributed by atoms with van der Waals surface area (Å²) in [5.41, 5.74) is 2.66. The average Bonchev–Trinajstić information content (AvgIpc) is 2.31. The van der Waals surface area contributed by atoms with E-state index in [0.717, 1.165) is 16.9 Å².